The minimum Gasteiger partial charge on any atom is -0.481 e. The van der Waals surface area contributed by atoms with Gasteiger partial charge in [-0.25, -0.2) is 0 Å². The van der Waals surface area contributed by atoms with E-state index in [2.05, 4.69) is 0 Å². The molecule has 5 nitrogen and oxygen atoms in total. The zero-order valence-electron chi connectivity index (χ0n) is 12.4. The number of rotatable bonds is 5. The van der Waals surface area contributed by atoms with E-state index in [-0.39, 0.29) is 11.9 Å². The van der Waals surface area contributed by atoms with Crippen LogP contribution in [0.5, 0.6) is 0 Å². The molecule has 0 spiro atoms. The average Bonchev–Trinajstić information content (AvgIpc) is 2.80. The number of hydrogen-bond acceptors (Lipinski definition) is 3. The molecule has 2 unspecified atom stereocenters. The number of aliphatic carboxylic acids is 1. The predicted octanol–water partition coefficient (Wildman–Crippen LogP) is 2.75. The Labute approximate surface area is 139 Å². The van der Waals surface area contributed by atoms with Crippen molar-refractivity contribution in [2.45, 2.75) is 19.4 Å². The van der Waals surface area contributed by atoms with Gasteiger partial charge in [-0.15, -0.1) is 0 Å². The van der Waals surface area contributed by atoms with Crippen LogP contribution in [0.3, 0.4) is 0 Å². The van der Waals surface area contributed by atoms with E-state index in [0.717, 1.165) is 0 Å². The fraction of sp³-hybridized carbons (Fsp3) is 0.467. The number of carboxylic acid groups (broad SMARTS) is 1. The quantitative estimate of drug-likeness (QED) is 0.892. The lowest BCUT2D eigenvalue weighted by molar-refractivity contribution is -0.142. The van der Waals surface area contributed by atoms with Crippen molar-refractivity contribution in [2.75, 3.05) is 25.0 Å². The van der Waals surface area contributed by atoms with Crippen LogP contribution in [0.15, 0.2) is 18.2 Å². The van der Waals surface area contributed by atoms with Gasteiger partial charge in [0.05, 0.1) is 22.7 Å². The molecule has 1 aromatic rings. The summed E-state index contributed by atoms with van der Waals surface area (Å²) >= 11 is 12.0. The molecule has 120 valence electrons. The molecule has 1 heterocycles. The number of carbonyl (C=O) groups is 2. The molecule has 1 amide bonds. The maximum absolute atomic E-state index is 12.6. The second-order valence-corrected chi connectivity index (χ2v) is 6.41. The molecular weight excluding hydrogens is 327 g/mol. The summed E-state index contributed by atoms with van der Waals surface area (Å²) in [7, 11) is 1.77. The van der Waals surface area contributed by atoms with E-state index in [0.29, 0.717) is 35.2 Å². The number of anilines is 1. The van der Waals surface area contributed by atoms with Gasteiger partial charge in [0.1, 0.15) is 0 Å². The third-order valence-corrected chi connectivity index (χ3v) is 4.43. The van der Waals surface area contributed by atoms with E-state index in [1.807, 2.05) is 0 Å². The van der Waals surface area contributed by atoms with Gasteiger partial charge in [-0.3, -0.25) is 14.5 Å². The molecular formula is C15H18Cl2N2O3. The van der Waals surface area contributed by atoms with Gasteiger partial charge < -0.3 is 10.0 Å². The van der Waals surface area contributed by atoms with Gasteiger partial charge in [0, 0.05) is 18.1 Å². The molecule has 0 radical (unpaired) electrons. The molecule has 2 rings (SSSR count). The van der Waals surface area contributed by atoms with Crippen LogP contribution in [-0.2, 0) is 9.59 Å². The van der Waals surface area contributed by atoms with Gasteiger partial charge in [0.2, 0.25) is 5.91 Å². The van der Waals surface area contributed by atoms with Crippen molar-refractivity contribution in [1.82, 2.24) is 4.90 Å². The first-order valence-electron chi connectivity index (χ1n) is 7.00. The van der Waals surface area contributed by atoms with Crippen molar-refractivity contribution < 1.29 is 14.7 Å². The summed E-state index contributed by atoms with van der Waals surface area (Å²) in [5.74, 6) is -1.45. The number of carboxylic acids is 1. The third-order valence-electron chi connectivity index (χ3n) is 3.89. The van der Waals surface area contributed by atoms with Gasteiger partial charge in [-0.05, 0) is 31.7 Å². The van der Waals surface area contributed by atoms with Crippen LogP contribution in [0.25, 0.3) is 0 Å². The molecule has 1 aromatic carbocycles. The molecule has 1 N–H and O–H groups in total. The fourth-order valence-electron chi connectivity index (χ4n) is 2.65. The lowest BCUT2D eigenvalue weighted by Gasteiger charge is -2.25. The maximum Gasteiger partial charge on any atom is 0.307 e. The van der Waals surface area contributed by atoms with Crippen LogP contribution >= 0.6 is 23.2 Å². The molecule has 22 heavy (non-hydrogen) atoms. The van der Waals surface area contributed by atoms with Crippen LogP contribution in [0.4, 0.5) is 5.69 Å². The Bertz CT molecular complexity index is 594. The van der Waals surface area contributed by atoms with Gasteiger partial charge >= 0.3 is 5.97 Å². The Morgan fingerprint density at radius 1 is 1.50 bits per heavy atom. The number of benzene rings is 1. The van der Waals surface area contributed by atoms with Crippen molar-refractivity contribution >= 4 is 40.8 Å². The summed E-state index contributed by atoms with van der Waals surface area (Å²) in [5.41, 5.74) is 0.637. The largest absolute Gasteiger partial charge is 0.481 e. The number of likely N-dealkylation sites (N-methyl/N-ethyl adjacent to an activating group) is 1. The number of amides is 1. The van der Waals surface area contributed by atoms with Crippen molar-refractivity contribution in [2.24, 2.45) is 5.92 Å². The Kier molecular flexibility index (Phi) is 5.32. The molecule has 1 fully saturated rings. The molecule has 0 aliphatic carbocycles. The minimum absolute atomic E-state index is 0.0655. The Morgan fingerprint density at radius 2 is 2.18 bits per heavy atom. The lowest BCUT2D eigenvalue weighted by atomic mass is 10.1. The van der Waals surface area contributed by atoms with Crippen LogP contribution in [-0.4, -0.2) is 48.1 Å². The third kappa shape index (κ3) is 3.54. The van der Waals surface area contributed by atoms with E-state index >= 15 is 0 Å². The fourth-order valence-corrected chi connectivity index (χ4v) is 3.16. The normalized spacial score (nSPS) is 19.8. The SMILES string of the molecule is CC(CN(C)C1CCN(c2ccc(Cl)cc2Cl)C1=O)C(=O)O. The van der Waals surface area contributed by atoms with Crippen LogP contribution in [0, 0.1) is 5.92 Å². The van der Waals surface area contributed by atoms with Crippen molar-refractivity contribution in [3.63, 3.8) is 0 Å². The number of nitrogens with zero attached hydrogens (tertiary/aromatic N) is 2. The Balaban J connectivity index is 2.10. The molecule has 2 atom stereocenters. The summed E-state index contributed by atoms with van der Waals surface area (Å²) in [6.45, 7) is 2.51. The van der Waals surface area contributed by atoms with Crippen LogP contribution in [0.1, 0.15) is 13.3 Å². The summed E-state index contributed by atoms with van der Waals surface area (Å²) in [4.78, 5) is 26.9. The van der Waals surface area contributed by atoms with E-state index in [1.54, 1.807) is 42.0 Å². The lowest BCUT2D eigenvalue weighted by Crippen LogP contribution is -2.42. The molecule has 1 saturated heterocycles. The zero-order chi connectivity index (χ0) is 16.4. The summed E-state index contributed by atoms with van der Waals surface area (Å²) in [6, 6.07) is 4.70. The molecule has 0 saturated carbocycles. The van der Waals surface area contributed by atoms with Crippen LogP contribution < -0.4 is 4.90 Å². The van der Waals surface area contributed by atoms with Gasteiger partial charge in [-0.1, -0.05) is 30.1 Å². The summed E-state index contributed by atoms with van der Waals surface area (Å²) in [6.07, 6.45) is 0.640. The summed E-state index contributed by atoms with van der Waals surface area (Å²) < 4.78 is 0. The van der Waals surface area contributed by atoms with Crippen molar-refractivity contribution in [3.05, 3.63) is 28.2 Å². The number of hydrogen-bond donors (Lipinski definition) is 1. The highest BCUT2D eigenvalue weighted by atomic mass is 35.5. The highest BCUT2D eigenvalue weighted by molar-refractivity contribution is 6.36. The minimum atomic E-state index is -0.866. The van der Waals surface area contributed by atoms with Crippen LogP contribution in [0.2, 0.25) is 10.0 Å². The summed E-state index contributed by atoms with van der Waals surface area (Å²) in [5, 5.41) is 9.93. The number of halogens is 2. The van der Waals surface area contributed by atoms with Gasteiger partial charge in [0.25, 0.3) is 0 Å². The van der Waals surface area contributed by atoms with Crippen molar-refractivity contribution in [3.8, 4) is 0 Å². The average molecular weight is 345 g/mol. The maximum atomic E-state index is 12.6. The zero-order valence-corrected chi connectivity index (χ0v) is 13.9. The van der Waals surface area contributed by atoms with E-state index in [1.165, 1.54) is 0 Å². The molecule has 1 aliphatic heterocycles. The van der Waals surface area contributed by atoms with Crippen molar-refractivity contribution in [1.29, 1.82) is 0 Å². The van der Waals surface area contributed by atoms with E-state index in [9.17, 15) is 9.59 Å². The first-order chi connectivity index (χ1) is 10.3. The highest BCUT2D eigenvalue weighted by Gasteiger charge is 2.36. The van der Waals surface area contributed by atoms with E-state index in [4.69, 9.17) is 28.3 Å². The second-order valence-electron chi connectivity index (χ2n) is 5.57. The topological polar surface area (TPSA) is 60.9 Å². The van der Waals surface area contributed by atoms with Gasteiger partial charge in [0.15, 0.2) is 0 Å². The van der Waals surface area contributed by atoms with E-state index < -0.39 is 11.9 Å². The first-order valence-corrected chi connectivity index (χ1v) is 7.76. The second kappa shape index (κ2) is 6.86. The molecule has 1 aliphatic rings. The molecule has 0 aromatic heterocycles. The Morgan fingerprint density at radius 3 is 2.77 bits per heavy atom. The highest BCUT2D eigenvalue weighted by Crippen LogP contribution is 2.32. The Hall–Kier alpha value is -1.30. The van der Waals surface area contributed by atoms with Gasteiger partial charge in [-0.2, -0.15) is 0 Å². The number of carbonyl (C=O) groups excluding carboxylic acids is 1. The standard InChI is InChI=1S/C15H18Cl2N2O3/c1-9(15(21)22)8-18(2)13-5-6-19(14(13)20)12-4-3-10(16)7-11(12)17/h3-4,7,9,13H,5-6,8H2,1-2H3,(H,21,22). The first kappa shape index (κ1) is 17.1. The smallest absolute Gasteiger partial charge is 0.307 e. The monoisotopic (exact) mass is 344 g/mol. The molecule has 0 bridgehead atoms. The predicted molar refractivity (Wildman–Crippen MR) is 86.6 cm³/mol. The molecule has 7 heteroatoms.